The standard InChI is InChI=1S/C11H14F2N2O/c1-15(2)7-6-14-11(16)8-4-3-5-9(12)10(8)13/h3-5H,6-7H2,1-2H3,(H,14,16). The number of hydrogen-bond acceptors (Lipinski definition) is 2. The van der Waals surface area contributed by atoms with Gasteiger partial charge in [0.1, 0.15) is 0 Å². The topological polar surface area (TPSA) is 32.3 Å². The summed E-state index contributed by atoms with van der Waals surface area (Å²) in [4.78, 5) is 13.3. The van der Waals surface area contributed by atoms with Gasteiger partial charge >= 0.3 is 0 Å². The summed E-state index contributed by atoms with van der Waals surface area (Å²) in [5.41, 5.74) is -0.265. The maximum atomic E-state index is 13.2. The summed E-state index contributed by atoms with van der Waals surface area (Å²) in [6, 6.07) is 3.54. The number of rotatable bonds is 4. The molecule has 0 saturated heterocycles. The van der Waals surface area contributed by atoms with E-state index in [1.165, 1.54) is 12.1 Å². The molecule has 0 aliphatic heterocycles. The Bertz CT molecular complexity index is 380. The second kappa shape index (κ2) is 5.55. The van der Waals surface area contributed by atoms with Gasteiger partial charge < -0.3 is 10.2 Å². The van der Waals surface area contributed by atoms with Crippen LogP contribution in [0.4, 0.5) is 8.78 Å². The van der Waals surface area contributed by atoms with E-state index >= 15 is 0 Å². The third kappa shape index (κ3) is 3.27. The lowest BCUT2D eigenvalue weighted by Gasteiger charge is -2.10. The van der Waals surface area contributed by atoms with Crippen molar-refractivity contribution >= 4 is 5.91 Å². The van der Waals surface area contributed by atoms with Crippen LogP contribution in [0.5, 0.6) is 0 Å². The first-order chi connectivity index (χ1) is 7.52. The number of carbonyl (C=O) groups excluding carboxylic acids is 1. The molecule has 1 amide bonds. The molecule has 1 rings (SSSR count). The SMILES string of the molecule is CN(C)CCNC(=O)c1cccc(F)c1F. The highest BCUT2D eigenvalue weighted by atomic mass is 19.2. The fourth-order valence-corrected chi connectivity index (χ4v) is 1.17. The number of carbonyl (C=O) groups is 1. The van der Waals surface area contributed by atoms with Crippen LogP contribution in [-0.2, 0) is 0 Å². The zero-order chi connectivity index (χ0) is 12.1. The predicted octanol–water partition coefficient (Wildman–Crippen LogP) is 1.26. The molecule has 0 aliphatic rings. The Labute approximate surface area is 93.1 Å². The number of nitrogens with one attached hydrogen (secondary N) is 1. The first kappa shape index (κ1) is 12.6. The van der Waals surface area contributed by atoms with Crippen molar-refractivity contribution in [3.05, 3.63) is 35.4 Å². The third-order valence-electron chi connectivity index (χ3n) is 2.04. The van der Waals surface area contributed by atoms with Gasteiger partial charge in [-0.3, -0.25) is 4.79 Å². The van der Waals surface area contributed by atoms with Gasteiger partial charge in [-0.2, -0.15) is 0 Å². The molecule has 1 aromatic carbocycles. The van der Waals surface area contributed by atoms with Gasteiger partial charge in [-0.05, 0) is 26.2 Å². The molecule has 0 spiro atoms. The van der Waals surface area contributed by atoms with E-state index in [1.54, 1.807) is 0 Å². The van der Waals surface area contributed by atoms with Crippen molar-refractivity contribution in [1.29, 1.82) is 0 Å². The van der Waals surface area contributed by atoms with E-state index in [4.69, 9.17) is 0 Å². The first-order valence-corrected chi connectivity index (χ1v) is 4.89. The van der Waals surface area contributed by atoms with E-state index in [1.807, 2.05) is 19.0 Å². The molecular weight excluding hydrogens is 214 g/mol. The average Bonchev–Trinajstić information content (AvgIpc) is 2.21. The van der Waals surface area contributed by atoms with Crippen molar-refractivity contribution in [1.82, 2.24) is 10.2 Å². The molecule has 0 fully saturated rings. The molecule has 88 valence electrons. The highest BCUT2D eigenvalue weighted by Crippen LogP contribution is 2.10. The summed E-state index contributed by atoms with van der Waals surface area (Å²) >= 11 is 0. The van der Waals surface area contributed by atoms with E-state index in [2.05, 4.69) is 5.32 Å². The highest BCUT2D eigenvalue weighted by Gasteiger charge is 2.14. The molecule has 5 heteroatoms. The number of likely N-dealkylation sites (N-methyl/N-ethyl adjacent to an activating group) is 1. The number of benzene rings is 1. The van der Waals surface area contributed by atoms with Crippen LogP contribution in [0.25, 0.3) is 0 Å². The molecule has 1 N–H and O–H groups in total. The summed E-state index contributed by atoms with van der Waals surface area (Å²) in [7, 11) is 3.71. The quantitative estimate of drug-likeness (QED) is 0.841. The van der Waals surface area contributed by atoms with Crippen molar-refractivity contribution in [2.45, 2.75) is 0 Å². The molecule has 3 nitrogen and oxygen atoms in total. The molecule has 0 radical (unpaired) electrons. The van der Waals surface area contributed by atoms with Crippen molar-refractivity contribution in [3.8, 4) is 0 Å². The summed E-state index contributed by atoms with van der Waals surface area (Å²) < 4.78 is 26.0. The van der Waals surface area contributed by atoms with E-state index in [0.29, 0.717) is 13.1 Å². The number of hydrogen-bond donors (Lipinski definition) is 1. The second-order valence-corrected chi connectivity index (χ2v) is 3.66. The van der Waals surface area contributed by atoms with Gasteiger partial charge in [0.15, 0.2) is 11.6 Å². The Morgan fingerprint density at radius 2 is 2.06 bits per heavy atom. The van der Waals surface area contributed by atoms with Gasteiger partial charge in [0.2, 0.25) is 0 Å². The number of nitrogens with zero attached hydrogens (tertiary/aromatic N) is 1. The van der Waals surface area contributed by atoms with E-state index in [0.717, 1.165) is 6.07 Å². The van der Waals surface area contributed by atoms with Crippen molar-refractivity contribution in [2.75, 3.05) is 27.2 Å². The Balaban J connectivity index is 2.63. The highest BCUT2D eigenvalue weighted by molar-refractivity contribution is 5.94. The summed E-state index contributed by atoms with van der Waals surface area (Å²) in [5, 5.41) is 2.51. The van der Waals surface area contributed by atoms with Crippen LogP contribution in [0.15, 0.2) is 18.2 Å². The molecule has 0 bridgehead atoms. The van der Waals surface area contributed by atoms with Crippen LogP contribution in [0.2, 0.25) is 0 Å². The molecule has 1 aromatic rings. The molecule has 0 aliphatic carbocycles. The van der Waals surface area contributed by atoms with Crippen LogP contribution < -0.4 is 5.32 Å². The van der Waals surface area contributed by atoms with Crippen molar-refractivity contribution < 1.29 is 13.6 Å². The Hall–Kier alpha value is -1.49. The fourth-order valence-electron chi connectivity index (χ4n) is 1.17. The van der Waals surface area contributed by atoms with E-state index < -0.39 is 17.5 Å². The first-order valence-electron chi connectivity index (χ1n) is 4.89. The van der Waals surface area contributed by atoms with Crippen LogP contribution in [-0.4, -0.2) is 38.0 Å². The molecule has 0 unspecified atom stereocenters. The van der Waals surface area contributed by atoms with Gasteiger partial charge in [0.05, 0.1) is 5.56 Å². The minimum Gasteiger partial charge on any atom is -0.351 e. The lowest BCUT2D eigenvalue weighted by atomic mass is 10.2. The largest absolute Gasteiger partial charge is 0.351 e. The molecule has 16 heavy (non-hydrogen) atoms. The van der Waals surface area contributed by atoms with Gasteiger partial charge in [-0.1, -0.05) is 6.07 Å². The Kier molecular flexibility index (Phi) is 4.37. The second-order valence-electron chi connectivity index (χ2n) is 3.66. The lowest BCUT2D eigenvalue weighted by Crippen LogP contribution is -2.31. The fraction of sp³-hybridized carbons (Fsp3) is 0.364. The van der Waals surface area contributed by atoms with Crippen molar-refractivity contribution in [3.63, 3.8) is 0 Å². The molecule has 0 saturated carbocycles. The molecule has 0 atom stereocenters. The minimum absolute atomic E-state index is 0.265. The van der Waals surface area contributed by atoms with E-state index in [9.17, 15) is 13.6 Å². The molecule has 0 aromatic heterocycles. The van der Waals surface area contributed by atoms with Crippen molar-refractivity contribution in [2.24, 2.45) is 0 Å². The van der Waals surface area contributed by atoms with Crippen LogP contribution in [0.3, 0.4) is 0 Å². The van der Waals surface area contributed by atoms with Crippen LogP contribution >= 0.6 is 0 Å². The monoisotopic (exact) mass is 228 g/mol. The summed E-state index contributed by atoms with van der Waals surface area (Å²) in [6.45, 7) is 1.03. The molecule has 0 heterocycles. The van der Waals surface area contributed by atoms with Crippen LogP contribution in [0.1, 0.15) is 10.4 Å². The minimum atomic E-state index is -1.11. The smallest absolute Gasteiger partial charge is 0.254 e. The average molecular weight is 228 g/mol. The van der Waals surface area contributed by atoms with Gasteiger partial charge in [0, 0.05) is 13.1 Å². The summed E-state index contributed by atoms with van der Waals surface area (Å²) in [5.74, 6) is -2.72. The van der Waals surface area contributed by atoms with Crippen LogP contribution in [0, 0.1) is 11.6 Å². The number of halogens is 2. The zero-order valence-corrected chi connectivity index (χ0v) is 9.26. The lowest BCUT2D eigenvalue weighted by molar-refractivity contribution is 0.0946. The third-order valence-corrected chi connectivity index (χ3v) is 2.04. The Morgan fingerprint density at radius 1 is 1.38 bits per heavy atom. The zero-order valence-electron chi connectivity index (χ0n) is 9.26. The van der Waals surface area contributed by atoms with Gasteiger partial charge in [0.25, 0.3) is 5.91 Å². The maximum absolute atomic E-state index is 13.2. The maximum Gasteiger partial charge on any atom is 0.254 e. The van der Waals surface area contributed by atoms with E-state index in [-0.39, 0.29) is 5.56 Å². The number of amides is 1. The van der Waals surface area contributed by atoms with Gasteiger partial charge in [-0.25, -0.2) is 8.78 Å². The Morgan fingerprint density at radius 3 is 2.69 bits per heavy atom. The van der Waals surface area contributed by atoms with Gasteiger partial charge in [-0.15, -0.1) is 0 Å². The molecular formula is C11H14F2N2O. The summed E-state index contributed by atoms with van der Waals surface area (Å²) in [6.07, 6.45) is 0. The predicted molar refractivity (Wildman–Crippen MR) is 57.2 cm³/mol. The normalized spacial score (nSPS) is 10.6.